The number of amides is 2. The van der Waals surface area contributed by atoms with Gasteiger partial charge in [-0.15, -0.1) is 0 Å². The maximum absolute atomic E-state index is 12.8. The van der Waals surface area contributed by atoms with Crippen molar-refractivity contribution in [2.24, 2.45) is 0 Å². The number of aromatic amines is 1. The van der Waals surface area contributed by atoms with Gasteiger partial charge >= 0.3 is 0 Å². The van der Waals surface area contributed by atoms with Gasteiger partial charge in [-0.05, 0) is 37.1 Å². The zero-order valence-electron chi connectivity index (χ0n) is 15.9. The molecule has 142 valence electrons. The third-order valence-corrected chi connectivity index (χ3v) is 5.02. The number of nitrogens with zero attached hydrogens (tertiary/aromatic N) is 3. The first-order valence-electron chi connectivity index (χ1n) is 9.31. The molecule has 0 radical (unpaired) electrons. The number of aryl methyl sites for hydroxylation is 1. The van der Waals surface area contributed by atoms with Gasteiger partial charge in [0.1, 0.15) is 6.54 Å². The quantitative estimate of drug-likeness (QED) is 0.765. The number of aromatic nitrogens is 2. The Labute approximate surface area is 163 Å². The largest absolute Gasteiger partial charge is 0.338 e. The average Bonchev–Trinajstić information content (AvgIpc) is 3.16. The van der Waals surface area contributed by atoms with Crippen LogP contribution in [-0.4, -0.2) is 45.8 Å². The maximum atomic E-state index is 12.8. The second kappa shape index (κ2) is 7.31. The molecular formula is C22H22N4O2. The summed E-state index contributed by atoms with van der Waals surface area (Å²) in [7, 11) is 0. The van der Waals surface area contributed by atoms with Crippen LogP contribution in [0.5, 0.6) is 0 Å². The predicted octanol–water partition coefficient (Wildman–Crippen LogP) is 3.26. The van der Waals surface area contributed by atoms with Gasteiger partial charge in [-0.25, -0.2) is 4.98 Å². The molecule has 1 saturated heterocycles. The topological polar surface area (TPSA) is 69.3 Å². The summed E-state index contributed by atoms with van der Waals surface area (Å²) in [5.41, 5.74) is 3.83. The summed E-state index contributed by atoms with van der Waals surface area (Å²) in [6.45, 7) is 4.28. The number of imidazole rings is 1. The fourth-order valence-electron chi connectivity index (χ4n) is 3.51. The number of piperazine rings is 1. The number of nitrogens with one attached hydrogen (secondary N) is 1. The van der Waals surface area contributed by atoms with Crippen molar-refractivity contribution in [2.75, 3.05) is 18.0 Å². The number of benzene rings is 2. The van der Waals surface area contributed by atoms with Gasteiger partial charge in [0.05, 0.1) is 0 Å². The normalized spacial score (nSPS) is 17.1. The van der Waals surface area contributed by atoms with Gasteiger partial charge in [-0.3, -0.25) is 9.59 Å². The minimum atomic E-state index is -0.244. The summed E-state index contributed by atoms with van der Waals surface area (Å²) in [5, 5.41) is 0. The van der Waals surface area contributed by atoms with Crippen LogP contribution < -0.4 is 4.90 Å². The van der Waals surface area contributed by atoms with Crippen LogP contribution in [0.2, 0.25) is 0 Å². The van der Waals surface area contributed by atoms with Crippen molar-refractivity contribution in [2.45, 2.75) is 19.9 Å². The number of carbonyl (C=O) groups excluding carboxylic acids is 2. The van der Waals surface area contributed by atoms with E-state index in [1.165, 1.54) is 0 Å². The highest BCUT2D eigenvalue weighted by atomic mass is 16.2. The Morgan fingerprint density at radius 3 is 2.57 bits per heavy atom. The summed E-state index contributed by atoms with van der Waals surface area (Å²) in [6.07, 6.45) is 1.62. The molecule has 0 bridgehead atoms. The molecule has 28 heavy (non-hydrogen) atoms. The van der Waals surface area contributed by atoms with E-state index in [1.54, 1.807) is 16.0 Å². The predicted molar refractivity (Wildman–Crippen MR) is 108 cm³/mol. The molecule has 3 aromatic rings. The smallest absolute Gasteiger partial charge is 0.290 e. The highest BCUT2D eigenvalue weighted by molar-refractivity contribution is 6.01. The molecule has 6 nitrogen and oxygen atoms in total. The molecule has 2 aromatic carbocycles. The van der Waals surface area contributed by atoms with Gasteiger partial charge in [0.15, 0.2) is 5.82 Å². The average molecular weight is 374 g/mol. The van der Waals surface area contributed by atoms with Crippen LogP contribution in [0.3, 0.4) is 0 Å². The van der Waals surface area contributed by atoms with Gasteiger partial charge in [0, 0.05) is 30.2 Å². The number of H-pyrrole nitrogens is 1. The second-order valence-electron chi connectivity index (χ2n) is 7.12. The van der Waals surface area contributed by atoms with E-state index < -0.39 is 0 Å². The van der Waals surface area contributed by atoms with Crippen LogP contribution in [0, 0.1) is 6.92 Å². The van der Waals surface area contributed by atoms with Crippen molar-refractivity contribution in [3.8, 4) is 11.1 Å². The molecule has 2 heterocycles. The van der Waals surface area contributed by atoms with E-state index in [9.17, 15) is 9.59 Å². The first-order chi connectivity index (χ1) is 13.5. The molecule has 2 amide bonds. The van der Waals surface area contributed by atoms with E-state index in [4.69, 9.17) is 0 Å². The number of carbonyl (C=O) groups is 2. The Morgan fingerprint density at radius 1 is 1.11 bits per heavy atom. The van der Waals surface area contributed by atoms with Crippen molar-refractivity contribution in [3.05, 3.63) is 72.3 Å². The summed E-state index contributed by atoms with van der Waals surface area (Å²) in [4.78, 5) is 35.9. The molecular weight excluding hydrogens is 352 g/mol. The van der Waals surface area contributed by atoms with Crippen LogP contribution in [0.25, 0.3) is 11.1 Å². The summed E-state index contributed by atoms with van der Waals surface area (Å²) in [5.74, 6) is -0.0664. The van der Waals surface area contributed by atoms with Crippen LogP contribution in [0.15, 0.2) is 60.8 Å². The monoisotopic (exact) mass is 374 g/mol. The highest BCUT2D eigenvalue weighted by Gasteiger charge is 2.34. The lowest BCUT2D eigenvalue weighted by molar-refractivity contribution is -0.121. The van der Waals surface area contributed by atoms with Crippen molar-refractivity contribution in [1.82, 2.24) is 14.9 Å². The van der Waals surface area contributed by atoms with Gasteiger partial charge < -0.3 is 14.8 Å². The van der Waals surface area contributed by atoms with Crippen LogP contribution in [0.1, 0.15) is 23.2 Å². The van der Waals surface area contributed by atoms with Crippen molar-refractivity contribution < 1.29 is 9.59 Å². The minimum Gasteiger partial charge on any atom is -0.338 e. The van der Waals surface area contributed by atoms with Gasteiger partial charge in [0.25, 0.3) is 5.91 Å². The standard InChI is InChI=1S/C22H22N4O2/c1-15-12-23-21(24-15)22(28)25-14-20(27)26(13-16(25)2)19-10-6-9-18(11-19)17-7-4-3-5-8-17/h3-12,16H,13-14H2,1-2H3,(H,23,24)/t16-/m0/s1. The van der Waals surface area contributed by atoms with E-state index in [1.807, 2.05) is 68.4 Å². The third kappa shape index (κ3) is 3.41. The zero-order chi connectivity index (χ0) is 19.7. The molecule has 0 saturated carbocycles. The fourth-order valence-corrected chi connectivity index (χ4v) is 3.51. The molecule has 1 fully saturated rings. The number of hydrogen-bond acceptors (Lipinski definition) is 3. The van der Waals surface area contributed by atoms with Crippen LogP contribution in [0.4, 0.5) is 5.69 Å². The first-order valence-corrected chi connectivity index (χ1v) is 9.31. The van der Waals surface area contributed by atoms with Gasteiger partial charge in [-0.2, -0.15) is 0 Å². The van der Waals surface area contributed by atoms with E-state index in [-0.39, 0.29) is 30.2 Å². The van der Waals surface area contributed by atoms with E-state index >= 15 is 0 Å². The van der Waals surface area contributed by atoms with E-state index in [0.29, 0.717) is 6.54 Å². The molecule has 0 spiro atoms. The van der Waals surface area contributed by atoms with Crippen LogP contribution >= 0.6 is 0 Å². The van der Waals surface area contributed by atoms with Gasteiger partial charge in [-0.1, -0.05) is 42.5 Å². The summed E-state index contributed by atoms with van der Waals surface area (Å²) in [6, 6.07) is 17.9. The Bertz CT molecular complexity index is 1010. The number of anilines is 1. The lowest BCUT2D eigenvalue weighted by Crippen LogP contribution is -2.57. The van der Waals surface area contributed by atoms with Gasteiger partial charge in [0.2, 0.25) is 5.91 Å². The lowest BCUT2D eigenvalue weighted by Gasteiger charge is -2.39. The molecule has 1 N–H and O–H groups in total. The Morgan fingerprint density at radius 2 is 1.86 bits per heavy atom. The molecule has 6 heteroatoms. The van der Waals surface area contributed by atoms with E-state index in [0.717, 1.165) is 22.5 Å². The first kappa shape index (κ1) is 18.0. The zero-order valence-corrected chi connectivity index (χ0v) is 15.9. The number of hydrogen-bond donors (Lipinski definition) is 1. The molecule has 1 atom stereocenters. The Hall–Kier alpha value is -3.41. The molecule has 0 aliphatic carbocycles. The Balaban J connectivity index is 1.55. The summed E-state index contributed by atoms with van der Waals surface area (Å²) >= 11 is 0. The Kier molecular flexibility index (Phi) is 4.69. The van der Waals surface area contributed by atoms with Crippen LogP contribution in [-0.2, 0) is 4.79 Å². The molecule has 4 rings (SSSR count). The van der Waals surface area contributed by atoms with Crippen molar-refractivity contribution >= 4 is 17.5 Å². The molecule has 0 unspecified atom stereocenters. The molecule has 1 aliphatic rings. The second-order valence-corrected chi connectivity index (χ2v) is 7.12. The SMILES string of the molecule is Cc1cnc(C(=O)N2CC(=O)N(c3cccc(-c4ccccc4)c3)C[C@@H]2C)[nH]1. The maximum Gasteiger partial charge on any atom is 0.290 e. The third-order valence-electron chi connectivity index (χ3n) is 5.02. The van der Waals surface area contributed by atoms with Crippen molar-refractivity contribution in [3.63, 3.8) is 0 Å². The number of rotatable bonds is 3. The van der Waals surface area contributed by atoms with Crippen molar-refractivity contribution in [1.29, 1.82) is 0 Å². The van der Waals surface area contributed by atoms with E-state index in [2.05, 4.69) is 9.97 Å². The molecule has 1 aliphatic heterocycles. The minimum absolute atomic E-state index is 0.0370. The highest BCUT2D eigenvalue weighted by Crippen LogP contribution is 2.27. The summed E-state index contributed by atoms with van der Waals surface area (Å²) < 4.78 is 0. The fraction of sp³-hybridized carbons (Fsp3) is 0.227. The molecule has 1 aromatic heterocycles. The lowest BCUT2D eigenvalue weighted by atomic mass is 10.0.